The van der Waals surface area contributed by atoms with E-state index in [1.807, 2.05) is 13.0 Å². The second kappa shape index (κ2) is 9.16. The highest BCUT2D eigenvalue weighted by atomic mass is 28.3. The van der Waals surface area contributed by atoms with E-state index < -0.39 is 43.2 Å². The van der Waals surface area contributed by atoms with E-state index in [9.17, 15) is 14.4 Å². The van der Waals surface area contributed by atoms with Crippen LogP contribution in [0, 0.1) is 5.92 Å². The second-order valence-electron chi connectivity index (χ2n) is 12.3. The molecule has 32 heavy (non-hydrogen) atoms. The summed E-state index contributed by atoms with van der Waals surface area (Å²) in [6.07, 6.45) is 1.97. The molecule has 0 aromatic rings. The van der Waals surface area contributed by atoms with Crippen LogP contribution in [0.15, 0.2) is 22.4 Å². The molecule has 1 amide bonds. The van der Waals surface area contributed by atoms with Crippen molar-refractivity contribution in [3.05, 3.63) is 22.4 Å². The molecule has 6 nitrogen and oxygen atoms in total. The fourth-order valence-corrected chi connectivity index (χ4v) is 5.72. The van der Waals surface area contributed by atoms with E-state index in [0.29, 0.717) is 5.57 Å². The lowest BCUT2D eigenvalue weighted by atomic mass is 9.84. The summed E-state index contributed by atoms with van der Waals surface area (Å²) >= 11 is 0. The summed E-state index contributed by atoms with van der Waals surface area (Å²) < 4.78 is 11.5. The minimum atomic E-state index is -2.33. The molecule has 0 aromatic heterocycles. The highest BCUT2D eigenvalue weighted by Crippen LogP contribution is 2.47. The number of esters is 2. The summed E-state index contributed by atoms with van der Waals surface area (Å²) in [7, 11) is -2.33. The van der Waals surface area contributed by atoms with Gasteiger partial charge in [0.05, 0.1) is 25.3 Å². The fraction of sp³-hybridized carbons (Fsp3) is 0.720. The predicted octanol–water partition coefficient (Wildman–Crippen LogP) is 5.09. The summed E-state index contributed by atoms with van der Waals surface area (Å²) in [5.74, 6) is -1.73. The van der Waals surface area contributed by atoms with Gasteiger partial charge < -0.3 is 14.8 Å². The summed E-state index contributed by atoms with van der Waals surface area (Å²) in [5.41, 5.74) is -0.880. The fourth-order valence-electron chi connectivity index (χ4n) is 3.46. The first-order chi connectivity index (χ1) is 14.1. The molecule has 0 saturated heterocycles. The number of hydrogen-bond acceptors (Lipinski definition) is 5. The maximum Gasteiger partial charge on any atom is 0.339 e. The molecule has 0 aromatic carbocycles. The van der Waals surface area contributed by atoms with Crippen molar-refractivity contribution in [3.8, 4) is 0 Å². The molecule has 0 radical (unpaired) electrons. The second-order valence-corrected chi connectivity index (χ2v) is 17.6. The van der Waals surface area contributed by atoms with Crippen LogP contribution in [-0.2, 0) is 23.9 Å². The van der Waals surface area contributed by atoms with Crippen LogP contribution in [0.3, 0.4) is 0 Å². The highest BCUT2D eigenvalue weighted by molar-refractivity contribution is 6.88. The Labute approximate surface area is 195 Å². The van der Waals surface area contributed by atoms with E-state index in [-0.39, 0.29) is 16.5 Å². The van der Waals surface area contributed by atoms with Crippen LogP contribution >= 0.6 is 0 Å². The van der Waals surface area contributed by atoms with Gasteiger partial charge in [0.2, 0.25) is 5.91 Å². The monoisotopic (exact) mass is 465 g/mol. The Morgan fingerprint density at radius 2 is 1.31 bits per heavy atom. The third kappa shape index (κ3) is 6.80. The number of ether oxygens (including phenoxy) is 2. The normalized spacial score (nSPS) is 20.5. The molecule has 182 valence electrons. The van der Waals surface area contributed by atoms with E-state index >= 15 is 0 Å². The summed E-state index contributed by atoms with van der Waals surface area (Å²) in [4.78, 5) is 39.0. The van der Waals surface area contributed by atoms with Crippen molar-refractivity contribution in [1.29, 1.82) is 0 Å². The molecule has 1 aliphatic carbocycles. The first kappa shape index (κ1) is 28.1. The van der Waals surface area contributed by atoms with Crippen molar-refractivity contribution in [1.82, 2.24) is 5.32 Å². The van der Waals surface area contributed by atoms with Crippen LogP contribution in [0.5, 0.6) is 0 Å². The van der Waals surface area contributed by atoms with Crippen LogP contribution in [0.4, 0.5) is 0 Å². The van der Waals surface area contributed by atoms with E-state index in [1.54, 1.807) is 41.5 Å². The van der Waals surface area contributed by atoms with E-state index in [2.05, 4.69) is 39.2 Å². The number of amides is 1. The van der Waals surface area contributed by atoms with E-state index in [0.717, 1.165) is 5.20 Å². The first-order valence-electron chi connectivity index (χ1n) is 11.3. The van der Waals surface area contributed by atoms with Gasteiger partial charge in [0.25, 0.3) is 0 Å². The van der Waals surface area contributed by atoms with Crippen LogP contribution in [0.25, 0.3) is 0 Å². The first-order valence-corrected chi connectivity index (χ1v) is 14.3. The molecular weight excluding hydrogens is 422 g/mol. The molecule has 0 aliphatic heterocycles. The Hall–Kier alpha value is -1.89. The SMILES string of the molecule is CC(=O)N[C@H]1C=C([Si](C)(C)C(C)(C)C)C(C(=O)OC(C)(C)C)=C(C(=O)OC(C)(C)C)[C@H]1C. The number of nitrogens with one attached hydrogen (secondary N) is 1. The van der Waals surface area contributed by atoms with Crippen molar-refractivity contribution in [2.45, 2.75) is 112 Å². The van der Waals surface area contributed by atoms with Crippen LogP contribution in [0.1, 0.15) is 76.2 Å². The molecule has 0 saturated carbocycles. The molecule has 7 heteroatoms. The quantitative estimate of drug-likeness (QED) is 0.462. The Balaban J connectivity index is 3.93. The van der Waals surface area contributed by atoms with Gasteiger partial charge in [0, 0.05) is 12.8 Å². The topological polar surface area (TPSA) is 81.7 Å². The maximum atomic E-state index is 13.6. The van der Waals surface area contributed by atoms with Gasteiger partial charge in [0.1, 0.15) is 11.2 Å². The Morgan fingerprint density at radius 1 is 0.875 bits per heavy atom. The molecule has 1 rings (SSSR count). The average molecular weight is 466 g/mol. The van der Waals surface area contributed by atoms with Crippen LogP contribution in [0.2, 0.25) is 18.1 Å². The third-order valence-corrected chi connectivity index (χ3v) is 11.5. The molecule has 0 fully saturated rings. The standard InChI is InChI=1S/C25H43NO5Si/c1-15-17(26-16(2)27)14-18(32(12,13)25(9,10)11)20(22(29)31-24(6,7)8)19(15)21(28)30-23(3,4)5/h14-15,17H,1-13H3,(H,26,27)/t15-,17-/m0/s1. The molecule has 2 atom stereocenters. The zero-order valence-electron chi connectivity index (χ0n) is 22.3. The van der Waals surface area contributed by atoms with Gasteiger partial charge in [-0.15, -0.1) is 0 Å². The molecule has 0 spiro atoms. The van der Waals surface area contributed by atoms with Gasteiger partial charge in [-0.3, -0.25) is 4.79 Å². The van der Waals surface area contributed by atoms with Crippen molar-refractivity contribution >= 4 is 25.9 Å². The van der Waals surface area contributed by atoms with Crippen molar-refractivity contribution in [3.63, 3.8) is 0 Å². The Morgan fingerprint density at radius 3 is 1.69 bits per heavy atom. The van der Waals surface area contributed by atoms with Crippen LogP contribution in [-0.4, -0.2) is 43.2 Å². The number of rotatable bonds is 4. The van der Waals surface area contributed by atoms with E-state index in [1.165, 1.54) is 6.92 Å². The zero-order valence-corrected chi connectivity index (χ0v) is 23.3. The van der Waals surface area contributed by atoms with Gasteiger partial charge in [-0.2, -0.15) is 0 Å². The molecule has 1 aliphatic rings. The van der Waals surface area contributed by atoms with Crippen molar-refractivity contribution in [2.24, 2.45) is 5.92 Å². The van der Waals surface area contributed by atoms with Gasteiger partial charge in [0.15, 0.2) is 0 Å². The van der Waals surface area contributed by atoms with Crippen molar-refractivity contribution < 1.29 is 23.9 Å². The smallest absolute Gasteiger partial charge is 0.339 e. The number of carbonyl (C=O) groups is 3. The van der Waals surface area contributed by atoms with Gasteiger partial charge >= 0.3 is 11.9 Å². The predicted molar refractivity (Wildman–Crippen MR) is 131 cm³/mol. The third-order valence-electron chi connectivity index (χ3n) is 6.02. The summed E-state index contributed by atoms with van der Waals surface area (Å²) in [5, 5.41) is 3.65. The highest BCUT2D eigenvalue weighted by Gasteiger charge is 2.48. The zero-order chi connectivity index (χ0) is 25.4. The summed E-state index contributed by atoms with van der Waals surface area (Å²) in [6.45, 7) is 24.9. The Kier molecular flexibility index (Phi) is 8.05. The lowest BCUT2D eigenvalue weighted by molar-refractivity contribution is -0.154. The van der Waals surface area contributed by atoms with E-state index in [4.69, 9.17) is 9.47 Å². The Bertz CT molecular complexity index is 832. The largest absolute Gasteiger partial charge is 0.457 e. The van der Waals surface area contributed by atoms with Gasteiger partial charge in [-0.05, 0) is 51.8 Å². The average Bonchev–Trinajstić information content (AvgIpc) is 2.50. The van der Waals surface area contributed by atoms with Crippen LogP contribution < -0.4 is 5.32 Å². The van der Waals surface area contributed by atoms with Gasteiger partial charge in [-0.1, -0.05) is 46.9 Å². The molecule has 0 heterocycles. The summed E-state index contributed by atoms with van der Waals surface area (Å²) in [6, 6.07) is -0.426. The molecule has 0 unspecified atom stereocenters. The molecular formula is C25H43NO5Si. The van der Waals surface area contributed by atoms with Crippen molar-refractivity contribution in [2.75, 3.05) is 0 Å². The molecule has 1 N–H and O–H groups in total. The minimum Gasteiger partial charge on any atom is -0.457 e. The minimum absolute atomic E-state index is 0.119. The lowest BCUT2D eigenvalue weighted by Crippen LogP contribution is -2.49. The number of carbonyl (C=O) groups excluding carboxylic acids is 3. The van der Waals surface area contributed by atoms with Gasteiger partial charge in [-0.25, -0.2) is 9.59 Å². The number of hydrogen-bond donors (Lipinski definition) is 1. The lowest BCUT2D eigenvalue weighted by Gasteiger charge is -2.43. The maximum absolute atomic E-state index is 13.6. The molecule has 0 bridgehead atoms.